The van der Waals surface area contributed by atoms with Crippen molar-refractivity contribution in [1.29, 1.82) is 0 Å². The maximum Gasteiger partial charge on any atom is 0.0987 e. The van der Waals surface area contributed by atoms with Crippen molar-refractivity contribution in [1.82, 2.24) is 4.98 Å². The van der Waals surface area contributed by atoms with Crippen molar-refractivity contribution in [2.45, 2.75) is 46.0 Å². The molecule has 2 nitrogen and oxygen atoms in total. The van der Waals surface area contributed by atoms with Gasteiger partial charge in [-0.3, -0.25) is 0 Å². The molecule has 0 spiro atoms. The molecule has 20 heavy (non-hydrogen) atoms. The molecule has 1 aromatic carbocycles. The van der Waals surface area contributed by atoms with Crippen LogP contribution >= 0.6 is 11.3 Å². The summed E-state index contributed by atoms with van der Waals surface area (Å²) in [4.78, 5) is 4.76. The quantitative estimate of drug-likeness (QED) is 0.909. The van der Waals surface area contributed by atoms with Crippen LogP contribution in [0.2, 0.25) is 0 Å². The van der Waals surface area contributed by atoms with E-state index in [0.717, 1.165) is 18.5 Å². The Labute approximate surface area is 126 Å². The second-order valence-corrected chi connectivity index (χ2v) is 7.03. The van der Waals surface area contributed by atoms with Gasteiger partial charge in [0.2, 0.25) is 0 Å². The van der Waals surface area contributed by atoms with Crippen LogP contribution < -0.4 is 5.73 Å². The maximum atomic E-state index is 5.60. The fourth-order valence-corrected chi connectivity index (χ4v) is 3.40. The van der Waals surface area contributed by atoms with Gasteiger partial charge in [-0.2, -0.15) is 0 Å². The van der Waals surface area contributed by atoms with Gasteiger partial charge in [0.15, 0.2) is 0 Å². The smallest absolute Gasteiger partial charge is 0.0987 e. The van der Waals surface area contributed by atoms with Gasteiger partial charge in [0.1, 0.15) is 0 Å². The molecule has 0 radical (unpaired) electrons. The van der Waals surface area contributed by atoms with Crippen molar-refractivity contribution in [3.8, 4) is 0 Å². The minimum atomic E-state index is 0.0655. The SMILES string of the molecule is Cc1ccc(C)c(CC(C)(C)c2nc(CCN)cs2)c1. The Morgan fingerprint density at radius 3 is 2.70 bits per heavy atom. The van der Waals surface area contributed by atoms with E-state index in [1.807, 2.05) is 0 Å². The minimum Gasteiger partial charge on any atom is -0.330 e. The molecule has 0 aliphatic heterocycles. The highest BCUT2D eigenvalue weighted by atomic mass is 32.1. The van der Waals surface area contributed by atoms with Crippen LogP contribution in [0.3, 0.4) is 0 Å². The second-order valence-electron chi connectivity index (χ2n) is 6.17. The lowest BCUT2D eigenvalue weighted by Gasteiger charge is -2.23. The summed E-state index contributed by atoms with van der Waals surface area (Å²) in [5.41, 5.74) is 10.9. The molecule has 1 heterocycles. The van der Waals surface area contributed by atoms with E-state index >= 15 is 0 Å². The van der Waals surface area contributed by atoms with Crippen LogP contribution in [0.25, 0.3) is 0 Å². The van der Waals surface area contributed by atoms with Gasteiger partial charge in [0, 0.05) is 17.2 Å². The number of rotatable bonds is 5. The topological polar surface area (TPSA) is 38.9 Å². The Hall–Kier alpha value is -1.19. The molecule has 0 fully saturated rings. The monoisotopic (exact) mass is 288 g/mol. The first kappa shape index (κ1) is 15.2. The summed E-state index contributed by atoms with van der Waals surface area (Å²) in [6, 6.07) is 6.68. The van der Waals surface area contributed by atoms with Crippen LogP contribution in [0.4, 0.5) is 0 Å². The zero-order valence-corrected chi connectivity index (χ0v) is 13.7. The van der Waals surface area contributed by atoms with E-state index in [1.165, 1.54) is 21.7 Å². The highest BCUT2D eigenvalue weighted by molar-refractivity contribution is 7.09. The summed E-state index contributed by atoms with van der Waals surface area (Å²) in [5, 5.41) is 3.36. The number of hydrogen-bond acceptors (Lipinski definition) is 3. The molecule has 108 valence electrons. The summed E-state index contributed by atoms with van der Waals surface area (Å²) in [5.74, 6) is 0. The third kappa shape index (κ3) is 3.47. The molecule has 2 N–H and O–H groups in total. The largest absolute Gasteiger partial charge is 0.330 e. The number of benzene rings is 1. The third-order valence-corrected chi connectivity index (χ3v) is 4.93. The molecular weight excluding hydrogens is 264 g/mol. The number of nitrogens with zero attached hydrogens (tertiary/aromatic N) is 1. The van der Waals surface area contributed by atoms with Crippen LogP contribution in [0.1, 0.15) is 41.2 Å². The molecule has 0 aliphatic rings. The normalized spacial score (nSPS) is 11.8. The molecule has 2 aromatic rings. The first-order chi connectivity index (χ1) is 9.42. The number of nitrogens with two attached hydrogens (primary N) is 1. The van der Waals surface area contributed by atoms with Crippen LogP contribution in [-0.2, 0) is 18.3 Å². The van der Waals surface area contributed by atoms with Crippen molar-refractivity contribution in [2.75, 3.05) is 6.54 Å². The van der Waals surface area contributed by atoms with E-state index in [4.69, 9.17) is 10.7 Å². The van der Waals surface area contributed by atoms with E-state index < -0.39 is 0 Å². The Morgan fingerprint density at radius 2 is 2.00 bits per heavy atom. The standard InChI is InChI=1S/C17H24N2S/c1-12-5-6-13(2)14(9-12)10-17(3,4)16-19-15(7-8-18)11-20-16/h5-6,9,11H,7-8,10,18H2,1-4H3. The third-order valence-electron chi connectivity index (χ3n) is 3.67. The van der Waals surface area contributed by atoms with Crippen LogP contribution in [-0.4, -0.2) is 11.5 Å². The fraction of sp³-hybridized carbons (Fsp3) is 0.471. The number of thiazole rings is 1. The van der Waals surface area contributed by atoms with Gasteiger partial charge in [-0.05, 0) is 37.9 Å². The van der Waals surface area contributed by atoms with Crippen molar-refractivity contribution < 1.29 is 0 Å². The van der Waals surface area contributed by atoms with Crippen molar-refractivity contribution >= 4 is 11.3 Å². The van der Waals surface area contributed by atoms with E-state index in [2.05, 4.69) is 51.3 Å². The first-order valence-electron chi connectivity index (χ1n) is 7.13. The van der Waals surface area contributed by atoms with Gasteiger partial charge in [-0.1, -0.05) is 37.6 Å². The summed E-state index contributed by atoms with van der Waals surface area (Å²) in [6.45, 7) is 9.56. The minimum absolute atomic E-state index is 0.0655. The molecule has 0 aliphatic carbocycles. The highest BCUT2D eigenvalue weighted by Gasteiger charge is 2.25. The van der Waals surface area contributed by atoms with Gasteiger partial charge in [-0.15, -0.1) is 11.3 Å². The first-order valence-corrected chi connectivity index (χ1v) is 8.01. The molecule has 2 rings (SSSR count). The molecule has 0 amide bonds. The Kier molecular flexibility index (Phi) is 4.61. The predicted molar refractivity (Wildman–Crippen MR) is 87.5 cm³/mol. The maximum absolute atomic E-state index is 5.60. The lowest BCUT2D eigenvalue weighted by Crippen LogP contribution is -2.21. The highest BCUT2D eigenvalue weighted by Crippen LogP contribution is 2.31. The second kappa shape index (κ2) is 6.06. The van der Waals surface area contributed by atoms with Gasteiger partial charge >= 0.3 is 0 Å². The van der Waals surface area contributed by atoms with Gasteiger partial charge in [0.05, 0.1) is 10.7 Å². The molecule has 0 unspecified atom stereocenters. The summed E-state index contributed by atoms with van der Waals surface area (Å²) < 4.78 is 0. The average Bonchev–Trinajstić information content (AvgIpc) is 2.83. The Balaban J connectivity index is 2.23. The zero-order valence-electron chi connectivity index (χ0n) is 12.9. The summed E-state index contributed by atoms with van der Waals surface area (Å²) in [6.07, 6.45) is 1.89. The fourth-order valence-electron chi connectivity index (χ4n) is 2.42. The molecule has 1 aromatic heterocycles. The molecule has 3 heteroatoms. The van der Waals surface area contributed by atoms with E-state index in [0.29, 0.717) is 6.54 Å². The Morgan fingerprint density at radius 1 is 1.25 bits per heavy atom. The number of aromatic nitrogens is 1. The summed E-state index contributed by atoms with van der Waals surface area (Å²) >= 11 is 1.76. The lowest BCUT2D eigenvalue weighted by atomic mass is 9.84. The van der Waals surface area contributed by atoms with Crippen molar-refractivity contribution in [3.63, 3.8) is 0 Å². The van der Waals surface area contributed by atoms with Crippen molar-refractivity contribution in [3.05, 3.63) is 51.0 Å². The zero-order chi connectivity index (χ0) is 14.8. The predicted octanol–water partition coefficient (Wildman–Crippen LogP) is 3.78. The molecule has 0 saturated carbocycles. The average molecular weight is 288 g/mol. The van der Waals surface area contributed by atoms with Gasteiger partial charge < -0.3 is 5.73 Å². The number of aryl methyl sites for hydroxylation is 2. The Bertz CT molecular complexity index is 584. The number of hydrogen-bond donors (Lipinski definition) is 1. The van der Waals surface area contributed by atoms with Gasteiger partial charge in [0.25, 0.3) is 0 Å². The summed E-state index contributed by atoms with van der Waals surface area (Å²) in [7, 11) is 0. The van der Waals surface area contributed by atoms with Crippen LogP contribution in [0.15, 0.2) is 23.6 Å². The molecule has 0 atom stereocenters. The van der Waals surface area contributed by atoms with E-state index in [-0.39, 0.29) is 5.41 Å². The lowest BCUT2D eigenvalue weighted by molar-refractivity contribution is 0.516. The van der Waals surface area contributed by atoms with Crippen LogP contribution in [0, 0.1) is 13.8 Å². The van der Waals surface area contributed by atoms with E-state index in [9.17, 15) is 0 Å². The molecule has 0 bridgehead atoms. The van der Waals surface area contributed by atoms with Gasteiger partial charge in [-0.25, -0.2) is 4.98 Å². The van der Waals surface area contributed by atoms with E-state index in [1.54, 1.807) is 11.3 Å². The molecule has 0 saturated heterocycles. The molecular formula is C17H24N2S. The van der Waals surface area contributed by atoms with Crippen LogP contribution in [0.5, 0.6) is 0 Å². The van der Waals surface area contributed by atoms with Crippen molar-refractivity contribution in [2.24, 2.45) is 5.73 Å².